The van der Waals surface area contributed by atoms with Gasteiger partial charge in [0.1, 0.15) is 16.2 Å². The highest BCUT2D eigenvalue weighted by atomic mass is 32.2. The van der Waals surface area contributed by atoms with E-state index >= 15 is 0 Å². The SMILES string of the molecule is N#COc1c2c(cc3c1CCC3)CCC2.NS(=O)(=O)C1CN(C2CC2)C1.O=C(Nc1c2c(cc3c1CCC3)CCC2)NS(=O)(=O)C1CN(C2CC2)C1. The minimum Gasteiger partial charge on any atom is -0.387 e. The Hall–Kier alpha value is -3.22. The second kappa shape index (κ2) is 14.2. The van der Waals surface area contributed by atoms with Crippen LogP contribution in [0.3, 0.4) is 0 Å². The van der Waals surface area contributed by atoms with E-state index in [1.165, 1.54) is 83.0 Å². The number of urea groups is 1. The number of aryl methyl sites for hydroxylation is 4. The topological polar surface area (TPSA) is 175 Å². The Morgan fingerprint density at radius 1 is 0.692 bits per heavy atom. The number of amides is 2. The van der Waals surface area contributed by atoms with Crippen molar-refractivity contribution in [1.29, 1.82) is 5.26 Å². The first-order valence-electron chi connectivity index (χ1n) is 19.2. The summed E-state index contributed by atoms with van der Waals surface area (Å²) in [5.41, 5.74) is 11.4. The quantitative estimate of drug-likeness (QED) is 0.357. The van der Waals surface area contributed by atoms with Gasteiger partial charge in [-0.2, -0.15) is 0 Å². The lowest BCUT2D eigenvalue weighted by atomic mass is 9.99. The lowest BCUT2D eigenvalue weighted by Gasteiger charge is -2.38. The van der Waals surface area contributed by atoms with Crippen LogP contribution < -0.4 is 19.9 Å². The number of rotatable bonds is 7. The van der Waals surface area contributed by atoms with Crippen LogP contribution in [0.25, 0.3) is 0 Å². The van der Waals surface area contributed by atoms with Crippen molar-refractivity contribution in [3.8, 4) is 12.0 Å². The van der Waals surface area contributed by atoms with Gasteiger partial charge in [-0.1, -0.05) is 12.1 Å². The molecule has 2 amide bonds. The second-order valence-electron chi connectivity index (χ2n) is 15.9. The van der Waals surface area contributed by atoms with Gasteiger partial charge in [-0.25, -0.2) is 31.5 Å². The number of carbonyl (C=O) groups excluding carboxylic acids is 1. The van der Waals surface area contributed by atoms with Crippen molar-refractivity contribution in [1.82, 2.24) is 14.5 Å². The Morgan fingerprint density at radius 3 is 1.54 bits per heavy atom. The smallest absolute Gasteiger partial charge is 0.332 e. The number of benzene rings is 2. The summed E-state index contributed by atoms with van der Waals surface area (Å²) in [6.45, 7) is 2.40. The Kier molecular flexibility index (Phi) is 9.78. The molecule has 0 spiro atoms. The fourth-order valence-corrected chi connectivity index (χ4v) is 11.1. The first-order valence-corrected chi connectivity index (χ1v) is 22.4. The van der Waals surface area contributed by atoms with Crippen molar-refractivity contribution >= 4 is 31.8 Å². The van der Waals surface area contributed by atoms with E-state index in [1.807, 2.05) is 6.26 Å². The fraction of sp³-hybridized carbons (Fsp3) is 0.632. The van der Waals surface area contributed by atoms with Crippen LogP contribution >= 0.6 is 0 Å². The van der Waals surface area contributed by atoms with Crippen LogP contribution in [0.4, 0.5) is 10.5 Å². The molecule has 0 radical (unpaired) electrons. The molecule has 2 aliphatic heterocycles. The molecule has 4 fully saturated rings. The third-order valence-corrected chi connectivity index (χ3v) is 15.2. The van der Waals surface area contributed by atoms with Gasteiger partial charge in [0.25, 0.3) is 6.26 Å². The summed E-state index contributed by atoms with van der Waals surface area (Å²) in [5, 5.41) is 15.8. The average Bonchev–Trinajstić information content (AvgIpc) is 3.76. The van der Waals surface area contributed by atoms with Gasteiger partial charge in [-0.3, -0.25) is 9.80 Å². The average molecular weight is 751 g/mol. The molecule has 2 saturated carbocycles. The number of hydrogen-bond acceptors (Lipinski definition) is 9. The molecule has 0 bridgehead atoms. The number of nitrogens with two attached hydrogens (primary N) is 1. The van der Waals surface area contributed by atoms with Gasteiger partial charge in [-0.15, -0.1) is 5.26 Å². The van der Waals surface area contributed by atoms with Gasteiger partial charge < -0.3 is 10.1 Å². The number of fused-ring (bicyclic) bond motifs is 4. The third-order valence-electron chi connectivity index (χ3n) is 12.3. The maximum atomic E-state index is 12.5. The van der Waals surface area contributed by atoms with Gasteiger partial charge in [0.15, 0.2) is 0 Å². The van der Waals surface area contributed by atoms with E-state index in [0.29, 0.717) is 38.3 Å². The number of nitrogens with one attached hydrogen (secondary N) is 2. The van der Waals surface area contributed by atoms with Crippen LogP contribution in [-0.4, -0.2) is 81.4 Å². The van der Waals surface area contributed by atoms with E-state index in [0.717, 1.165) is 75.6 Å². The molecular formula is C38H50N6O6S2. The van der Waals surface area contributed by atoms with E-state index in [9.17, 15) is 21.6 Å². The van der Waals surface area contributed by atoms with Gasteiger partial charge >= 0.3 is 6.03 Å². The molecule has 0 aromatic heterocycles. The number of likely N-dealkylation sites (tertiary alicyclic amines) is 2. The van der Waals surface area contributed by atoms with Gasteiger partial charge in [0, 0.05) is 44.0 Å². The molecule has 2 aromatic rings. The number of ether oxygens (including phenoxy) is 1. The van der Waals surface area contributed by atoms with Gasteiger partial charge in [0.2, 0.25) is 20.0 Å². The molecule has 52 heavy (non-hydrogen) atoms. The molecule has 0 atom stereocenters. The van der Waals surface area contributed by atoms with Crippen molar-refractivity contribution in [2.45, 2.75) is 125 Å². The lowest BCUT2D eigenvalue weighted by Crippen LogP contribution is -2.59. The van der Waals surface area contributed by atoms with Crippen molar-refractivity contribution in [3.05, 3.63) is 56.6 Å². The summed E-state index contributed by atoms with van der Waals surface area (Å²) in [6.07, 6.45) is 19.8. The third kappa shape index (κ3) is 7.44. The normalized spacial score (nSPS) is 22.2. The van der Waals surface area contributed by atoms with Crippen LogP contribution in [0.2, 0.25) is 0 Å². The van der Waals surface area contributed by atoms with Crippen LogP contribution in [-0.2, 0) is 71.4 Å². The van der Waals surface area contributed by atoms with Crippen molar-refractivity contribution < 1.29 is 26.4 Å². The van der Waals surface area contributed by atoms with E-state index in [1.54, 1.807) is 0 Å². The maximum absolute atomic E-state index is 12.5. The van der Waals surface area contributed by atoms with Crippen LogP contribution in [0, 0.1) is 11.5 Å². The summed E-state index contributed by atoms with van der Waals surface area (Å²) in [7, 11) is -6.86. The molecule has 10 rings (SSSR count). The molecule has 0 unspecified atom stereocenters. The minimum absolute atomic E-state index is 0.289. The number of primary sulfonamides is 1. The number of carbonyl (C=O) groups is 1. The summed E-state index contributed by atoms with van der Waals surface area (Å²) in [6, 6.07) is 5.28. The lowest BCUT2D eigenvalue weighted by molar-refractivity contribution is 0.174. The second-order valence-corrected chi connectivity index (χ2v) is 19.7. The Balaban J connectivity index is 0.000000125. The van der Waals surface area contributed by atoms with E-state index < -0.39 is 31.3 Å². The monoisotopic (exact) mass is 750 g/mol. The molecule has 12 nitrogen and oxygen atoms in total. The van der Waals surface area contributed by atoms with Crippen molar-refractivity contribution in [2.75, 3.05) is 31.5 Å². The molecule has 6 aliphatic carbocycles. The Morgan fingerprint density at radius 2 is 1.12 bits per heavy atom. The predicted molar refractivity (Wildman–Crippen MR) is 198 cm³/mol. The highest BCUT2D eigenvalue weighted by molar-refractivity contribution is 7.90. The van der Waals surface area contributed by atoms with Gasteiger partial charge in [-0.05, 0) is 147 Å². The molecule has 280 valence electrons. The predicted octanol–water partition coefficient (Wildman–Crippen LogP) is 3.61. The first kappa shape index (κ1) is 35.8. The highest BCUT2D eigenvalue weighted by Crippen LogP contribution is 2.41. The molecule has 2 heterocycles. The van der Waals surface area contributed by atoms with Gasteiger partial charge in [0.05, 0.1) is 0 Å². The number of hydrogen-bond donors (Lipinski definition) is 3. The fourth-order valence-electron chi connectivity index (χ4n) is 9.07. The number of nitriles is 1. The molecule has 2 aromatic carbocycles. The van der Waals surface area contributed by atoms with Crippen molar-refractivity contribution in [2.24, 2.45) is 5.14 Å². The molecule has 14 heteroatoms. The Bertz CT molecular complexity index is 1940. The number of sulfonamides is 2. The summed E-state index contributed by atoms with van der Waals surface area (Å²) in [5.74, 6) is 0.903. The largest absolute Gasteiger partial charge is 0.387 e. The van der Waals surface area contributed by atoms with E-state index in [2.05, 4.69) is 32.0 Å². The zero-order chi connectivity index (χ0) is 36.2. The summed E-state index contributed by atoms with van der Waals surface area (Å²) < 4.78 is 53.9. The molecular weight excluding hydrogens is 701 g/mol. The Labute approximate surface area is 307 Å². The molecule has 2 saturated heterocycles. The van der Waals surface area contributed by atoms with Crippen LogP contribution in [0.1, 0.15) is 95.9 Å². The van der Waals surface area contributed by atoms with Crippen molar-refractivity contribution in [3.63, 3.8) is 0 Å². The number of nitrogens with zero attached hydrogens (tertiary/aromatic N) is 3. The molecule has 4 N–H and O–H groups in total. The maximum Gasteiger partial charge on any atom is 0.332 e. The summed E-state index contributed by atoms with van der Waals surface area (Å²) >= 11 is 0. The van der Waals surface area contributed by atoms with E-state index in [-0.39, 0.29) is 5.25 Å². The number of anilines is 1. The standard InChI is InChI=1S/C19H25N3O3S.C13H13NO.C6H12N2O2S/c23-19(21-26(24,25)15-10-22(11-15)14-7-8-14)20-18-16-5-1-3-12(16)9-13-4-2-6-17(13)18;14-8-15-13-11-5-1-3-9(11)7-10-4-2-6-12(10)13;7-11(9,10)6-3-8(4-6)5-1-2-5/h9,14-15H,1-8,10-11H2,(H2,20,21,23);7H,1-6H2;5-6H,1-4H2,(H2,7,9,10). The highest BCUT2D eigenvalue weighted by Gasteiger charge is 2.45. The molecule has 8 aliphatic rings. The van der Waals surface area contributed by atoms with Crippen LogP contribution in [0.5, 0.6) is 5.75 Å². The van der Waals surface area contributed by atoms with E-state index in [4.69, 9.17) is 15.1 Å². The first-order chi connectivity index (χ1) is 25.0. The zero-order valence-electron chi connectivity index (χ0n) is 29.8. The van der Waals surface area contributed by atoms with Crippen LogP contribution in [0.15, 0.2) is 12.1 Å². The minimum atomic E-state index is -3.61. The summed E-state index contributed by atoms with van der Waals surface area (Å²) in [4.78, 5) is 16.9. The zero-order valence-corrected chi connectivity index (χ0v) is 31.4.